The molecule has 1 saturated carbocycles. The van der Waals surface area contributed by atoms with Crippen LogP contribution in [0, 0.1) is 12.8 Å². The van der Waals surface area contributed by atoms with Gasteiger partial charge in [-0.1, -0.05) is 56.5 Å². The molecule has 0 aromatic heterocycles. The van der Waals surface area contributed by atoms with Gasteiger partial charge in [0.2, 0.25) is 0 Å². The topological polar surface area (TPSA) is 3.24 Å². The van der Waals surface area contributed by atoms with E-state index in [-0.39, 0.29) is 0 Å². The van der Waals surface area contributed by atoms with Crippen molar-refractivity contribution >= 4 is 0 Å². The highest BCUT2D eigenvalue weighted by molar-refractivity contribution is 5.21. The standard InChI is InChI=1S/C17H27N/c1-14(2)12-18(17-6-4-5-7-17)13-16-10-8-15(3)9-11-16/h8-11,14,17H,4-7,12-13H2,1-3H3. The molecule has 0 bridgehead atoms. The summed E-state index contributed by atoms with van der Waals surface area (Å²) in [6.07, 6.45) is 5.65. The number of hydrogen-bond acceptors (Lipinski definition) is 1. The lowest BCUT2D eigenvalue weighted by Crippen LogP contribution is -2.35. The number of benzene rings is 1. The van der Waals surface area contributed by atoms with Crippen molar-refractivity contribution in [1.29, 1.82) is 0 Å². The van der Waals surface area contributed by atoms with E-state index >= 15 is 0 Å². The van der Waals surface area contributed by atoms with Crippen molar-refractivity contribution in [3.8, 4) is 0 Å². The minimum absolute atomic E-state index is 0.760. The third-order valence-electron chi connectivity index (χ3n) is 3.95. The summed E-state index contributed by atoms with van der Waals surface area (Å²) in [5.41, 5.74) is 2.82. The number of hydrogen-bond donors (Lipinski definition) is 0. The molecular weight excluding hydrogens is 218 g/mol. The monoisotopic (exact) mass is 245 g/mol. The average molecular weight is 245 g/mol. The summed E-state index contributed by atoms with van der Waals surface area (Å²) in [7, 11) is 0. The largest absolute Gasteiger partial charge is 0.296 e. The molecule has 100 valence electrons. The Balaban J connectivity index is 2.01. The molecule has 1 aromatic rings. The Morgan fingerprint density at radius 1 is 1.11 bits per heavy atom. The fourth-order valence-corrected chi connectivity index (χ4v) is 3.01. The van der Waals surface area contributed by atoms with E-state index in [1.807, 2.05) is 0 Å². The molecule has 1 fully saturated rings. The van der Waals surface area contributed by atoms with Crippen molar-refractivity contribution in [1.82, 2.24) is 4.90 Å². The minimum Gasteiger partial charge on any atom is -0.296 e. The molecule has 0 aliphatic heterocycles. The van der Waals surface area contributed by atoms with Crippen LogP contribution in [0.25, 0.3) is 0 Å². The highest BCUT2D eigenvalue weighted by atomic mass is 15.2. The van der Waals surface area contributed by atoms with Crippen molar-refractivity contribution in [3.63, 3.8) is 0 Å². The SMILES string of the molecule is Cc1ccc(CN(CC(C)C)C2CCCC2)cc1. The lowest BCUT2D eigenvalue weighted by atomic mass is 10.1. The summed E-state index contributed by atoms with van der Waals surface area (Å²) in [6, 6.07) is 9.87. The first kappa shape index (κ1) is 13.6. The van der Waals surface area contributed by atoms with Crippen LogP contribution < -0.4 is 0 Å². The molecule has 0 saturated heterocycles. The number of aryl methyl sites for hydroxylation is 1. The number of nitrogens with zero attached hydrogens (tertiary/aromatic N) is 1. The Morgan fingerprint density at radius 3 is 2.28 bits per heavy atom. The second-order valence-corrected chi connectivity index (χ2v) is 6.25. The van der Waals surface area contributed by atoms with Gasteiger partial charge in [-0.2, -0.15) is 0 Å². The smallest absolute Gasteiger partial charge is 0.0236 e. The van der Waals surface area contributed by atoms with Gasteiger partial charge < -0.3 is 0 Å². The fraction of sp³-hybridized carbons (Fsp3) is 0.647. The Kier molecular flexibility index (Phi) is 4.82. The summed E-state index contributed by atoms with van der Waals surface area (Å²) in [5, 5.41) is 0. The maximum absolute atomic E-state index is 2.71. The van der Waals surface area contributed by atoms with Gasteiger partial charge in [0.25, 0.3) is 0 Å². The van der Waals surface area contributed by atoms with Gasteiger partial charge >= 0.3 is 0 Å². The molecule has 0 spiro atoms. The molecule has 1 aliphatic carbocycles. The van der Waals surface area contributed by atoms with Crippen LogP contribution in [0.5, 0.6) is 0 Å². The van der Waals surface area contributed by atoms with Crippen LogP contribution >= 0.6 is 0 Å². The summed E-state index contributed by atoms with van der Waals surface area (Å²) in [4.78, 5) is 2.71. The van der Waals surface area contributed by atoms with Gasteiger partial charge in [0, 0.05) is 19.1 Å². The number of rotatable bonds is 5. The second kappa shape index (κ2) is 6.38. The maximum Gasteiger partial charge on any atom is 0.0236 e. The molecule has 18 heavy (non-hydrogen) atoms. The molecule has 0 atom stereocenters. The zero-order valence-corrected chi connectivity index (χ0v) is 12.2. The van der Waals surface area contributed by atoms with Gasteiger partial charge in [0.15, 0.2) is 0 Å². The minimum atomic E-state index is 0.760. The van der Waals surface area contributed by atoms with E-state index in [9.17, 15) is 0 Å². The lowest BCUT2D eigenvalue weighted by Gasteiger charge is -2.30. The maximum atomic E-state index is 2.71. The molecule has 1 nitrogen and oxygen atoms in total. The lowest BCUT2D eigenvalue weighted by molar-refractivity contribution is 0.168. The summed E-state index contributed by atoms with van der Waals surface area (Å²) in [6.45, 7) is 9.18. The molecule has 0 amide bonds. The zero-order chi connectivity index (χ0) is 13.0. The van der Waals surface area contributed by atoms with Gasteiger partial charge in [0.05, 0.1) is 0 Å². The second-order valence-electron chi connectivity index (χ2n) is 6.25. The predicted molar refractivity (Wildman–Crippen MR) is 78.7 cm³/mol. The van der Waals surface area contributed by atoms with Crippen LogP contribution in [0.3, 0.4) is 0 Å². The first-order valence-corrected chi connectivity index (χ1v) is 7.45. The Labute approximate surface area is 112 Å². The summed E-state index contributed by atoms with van der Waals surface area (Å²) >= 11 is 0. The van der Waals surface area contributed by atoms with E-state index in [1.54, 1.807) is 0 Å². The first-order chi connectivity index (χ1) is 8.65. The quantitative estimate of drug-likeness (QED) is 0.743. The van der Waals surface area contributed by atoms with Crippen molar-refractivity contribution in [2.45, 2.75) is 59.0 Å². The van der Waals surface area contributed by atoms with Crippen LogP contribution in [0.15, 0.2) is 24.3 Å². The van der Waals surface area contributed by atoms with Crippen LogP contribution in [-0.2, 0) is 6.54 Å². The third-order valence-corrected chi connectivity index (χ3v) is 3.95. The zero-order valence-electron chi connectivity index (χ0n) is 12.2. The molecule has 1 aliphatic rings. The molecule has 0 N–H and O–H groups in total. The average Bonchev–Trinajstić information content (AvgIpc) is 2.84. The highest BCUT2D eigenvalue weighted by Gasteiger charge is 2.22. The molecule has 1 aromatic carbocycles. The van der Waals surface area contributed by atoms with E-state index < -0.39 is 0 Å². The van der Waals surface area contributed by atoms with E-state index in [0.29, 0.717) is 0 Å². The summed E-state index contributed by atoms with van der Waals surface area (Å²) < 4.78 is 0. The van der Waals surface area contributed by atoms with Crippen molar-refractivity contribution in [3.05, 3.63) is 35.4 Å². The van der Waals surface area contributed by atoms with Gasteiger partial charge in [-0.15, -0.1) is 0 Å². The van der Waals surface area contributed by atoms with E-state index in [1.165, 1.54) is 43.4 Å². The Morgan fingerprint density at radius 2 is 1.72 bits per heavy atom. The Bertz CT molecular complexity index is 346. The van der Waals surface area contributed by atoms with Gasteiger partial charge in [-0.05, 0) is 31.2 Å². The van der Waals surface area contributed by atoms with Crippen LogP contribution in [0.4, 0.5) is 0 Å². The van der Waals surface area contributed by atoms with Gasteiger partial charge in [-0.25, -0.2) is 0 Å². The first-order valence-electron chi connectivity index (χ1n) is 7.45. The third kappa shape index (κ3) is 3.84. The van der Waals surface area contributed by atoms with Gasteiger partial charge in [-0.3, -0.25) is 4.90 Å². The van der Waals surface area contributed by atoms with Gasteiger partial charge in [0.1, 0.15) is 0 Å². The molecule has 0 unspecified atom stereocenters. The predicted octanol–water partition coefficient (Wildman–Crippen LogP) is 4.40. The molecule has 1 heteroatoms. The van der Waals surface area contributed by atoms with E-state index in [2.05, 4.69) is 49.9 Å². The van der Waals surface area contributed by atoms with E-state index in [4.69, 9.17) is 0 Å². The van der Waals surface area contributed by atoms with Crippen LogP contribution in [0.1, 0.15) is 50.7 Å². The normalized spacial score (nSPS) is 16.9. The highest BCUT2D eigenvalue weighted by Crippen LogP contribution is 2.25. The molecule has 0 heterocycles. The van der Waals surface area contributed by atoms with Crippen molar-refractivity contribution < 1.29 is 0 Å². The fourth-order valence-electron chi connectivity index (χ4n) is 3.01. The van der Waals surface area contributed by atoms with Crippen molar-refractivity contribution in [2.24, 2.45) is 5.92 Å². The molecular formula is C17H27N. The van der Waals surface area contributed by atoms with E-state index in [0.717, 1.165) is 18.5 Å². The summed E-state index contributed by atoms with van der Waals surface area (Å²) in [5.74, 6) is 0.760. The van der Waals surface area contributed by atoms with Crippen LogP contribution in [-0.4, -0.2) is 17.5 Å². The molecule has 0 radical (unpaired) electrons. The van der Waals surface area contributed by atoms with Crippen molar-refractivity contribution in [2.75, 3.05) is 6.54 Å². The van der Waals surface area contributed by atoms with Crippen LogP contribution in [0.2, 0.25) is 0 Å². The Hall–Kier alpha value is -0.820. The molecule has 2 rings (SSSR count).